The average Bonchev–Trinajstić information content (AvgIpc) is 3.08. The molecular formula is C23H26N2O. The third-order valence-corrected chi connectivity index (χ3v) is 4.63. The predicted molar refractivity (Wildman–Crippen MR) is 106 cm³/mol. The summed E-state index contributed by atoms with van der Waals surface area (Å²) in [5, 5.41) is 0. The minimum absolute atomic E-state index is 0.0729. The standard InChI is InChI=1S/C23H26N2O/c1-18(2)25(23(26)21-8-5-4-6-9-21)17-22-10-7-15-24(22)16-20-13-11-19(3)12-14-20/h4-15,18H,16-17H2,1-3H3. The van der Waals surface area contributed by atoms with Gasteiger partial charge in [0.15, 0.2) is 0 Å². The lowest BCUT2D eigenvalue weighted by Gasteiger charge is -2.27. The molecule has 0 aliphatic carbocycles. The topological polar surface area (TPSA) is 25.2 Å². The second kappa shape index (κ2) is 8.05. The monoisotopic (exact) mass is 346 g/mol. The molecule has 0 N–H and O–H groups in total. The first kappa shape index (κ1) is 18.0. The molecule has 0 unspecified atom stereocenters. The number of amides is 1. The Morgan fingerprint density at radius 3 is 2.31 bits per heavy atom. The van der Waals surface area contributed by atoms with Crippen LogP contribution in [0.5, 0.6) is 0 Å². The zero-order chi connectivity index (χ0) is 18.5. The van der Waals surface area contributed by atoms with E-state index in [4.69, 9.17) is 0 Å². The van der Waals surface area contributed by atoms with Crippen molar-refractivity contribution >= 4 is 5.91 Å². The van der Waals surface area contributed by atoms with Crippen LogP contribution in [0.4, 0.5) is 0 Å². The summed E-state index contributed by atoms with van der Waals surface area (Å²) in [5.74, 6) is 0.0729. The fourth-order valence-corrected chi connectivity index (χ4v) is 3.05. The molecule has 0 aliphatic heterocycles. The van der Waals surface area contributed by atoms with E-state index in [9.17, 15) is 4.79 Å². The van der Waals surface area contributed by atoms with E-state index in [1.165, 1.54) is 11.1 Å². The van der Waals surface area contributed by atoms with Gasteiger partial charge in [-0.2, -0.15) is 0 Å². The summed E-state index contributed by atoms with van der Waals surface area (Å²) in [6.07, 6.45) is 2.08. The summed E-state index contributed by atoms with van der Waals surface area (Å²) in [4.78, 5) is 14.9. The van der Waals surface area contributed by atoms with Crippen LogP contribution in [0.25, 0.3) is 0 Å². The van der Waals surface area contributed by atoms with Gasteiger partial charge in [-0.05, 0) is 50.6 Å². The van der Waals surface area contributed by atoms with Gasteiger partial charge in [-0.1, -0.05) is 48.0 Å². The van der Waals surface area contributed by atoms with Crippen LogP contribution in [0, 0.1) is 6.92 Å². The minimum atomic E-state index is 0.0729. The summed E-state index contributed by atoms with van der Waals surface area (Å²) in [7, 11) is 0. The van der Waals surface area contributed by atoms with Crippen LogP contribution in [0.2, 0.25) is 0 Å². The lowest BCUT2D eigenvalue weighted by molar-refractivity contribution is 0.0686. The summed E-state index contributed by atoms with van der Waals surface area (Å²) in [6, 6.07) is 22.4. The van der Waals surface area contributed by atoms with Crippen molar-refractivity contribution in [3.63, 3.8) is 0 Å². The van der Waals surface area contributed by atoms with E-state index in [1.54, 1.807) is 0 Å². The van der Waals surface area contributed by atoms with Crippen molar-refractivity contribution in [1.29, 1.82) is 0 Å². The van der Waals surface area contributed by atoms with Crippen LogP contribution >= 0.6 is 0 Å². The Bertz CT molecular complexity index is 847. The fourth-order valence-electron chi connectivity index (χ4n) is 3.05. The highest BCUT2D eigenvalue weighted by molar-refractivity contribution is 5.94. The van der Waals surface area contributed by atoms with Crippen molar-refractivity contribution in [2.75, 3.05) is 0 Å². The predicted octanol–water partition coefficient (Wildman–Crippen LogP) is 4.90. The highest BCUT2D eigenvalue weighted by Crippen LogP contribution is 2.16. The van der Waals surface area contributed by atoms with Crippen LogP contribution in [0.3, 0.4) is 0 Å². The Labute approximate surface area is 155 Å². The molecule has 0 aliphatic rings. The molecule has 0 atom stereocenters. The van der Waals surface area contributed by atoms with Gasteiger partial charge in [0.1, 0.15) is 0 Å². The fraction of sp³-hybridized carbons (Fsp3) is 0.261. The van der Waals surface area contributed by atoms with Crippen LogP contribution in [0.15, 0.2) is 72.9 Å². The third-order valence-electron chi connectivity index (χ3n) is 4.63. The number of aryl methyl sites for hydroxylation is 1. The lowest BCUT2D eigenvalue weighted by atomic mass is 10.1. The molecule has 1 aromatic heterocycles. The molecule has 1 amide bonds. The maximum atomic E-state index is 12.9. The first-order chi connectivity index (χ1) is 12.5. The number of benzene rings is 2. The molecule has 0 spiro atoms. The molecule has 3 aromatic rings. The molecule has 0 saturated heterocycles. The normalized spacial score (nSPS) is 10.9. The largest absolute Gasteiger partial charge is 0.345 e. The Kier molecular flexibility index (Phi) is 5.57. The molecule has 1 heterocycles. The molecule has 134 valence electrons. The average molecular weight is 346 g/mol. The molecule has 3 heteroatoms. The molecule has 0 saturated carbocycles. The zero-order valence-corrected chi connectivity index (χ0v) is 15.7. The van der Waals surface area contributed by atoms with Gasteiger partial charge in [-0.25, -0.2) is 0 Å². The molecule has 0 fully saturated rings. The SMILES string of the molecule is Cc1ccc(Cn2cccc2CN(C(=O)c2ccccc2)C(C)C)cc1. The number of rotatable bonds is 6. The lowest BCUT2D eigenvalue weighted by Crippen LogP contribution is -2.37. The van der Waals surface area contributed by atoms with Crippen LogP contribution < -0.4 is 0 Å². The molecule has 3 rings (SSSR count). The maximum absolute atomic E-state index is 12.9. The van der Waals surface area contributed by atoms with E-state index in [0.717, 1.165) is 17.8 Å². The van der Waals surface area contributed by atoms with Crippen molar-refractivity contribution in [3.8, 4) is 0 Å². The second-order valence-electron chi connectivity index (χ2n) is 7.01. The van der Waals surface area contributed by atoms with Crippen molar-refractivity contribution in [2.24, 2.45) is 0 Å². The molecule has 0 radical (unpaired) electrons. The Morgan fingerprint density at radius 1 is 0.962 bits per heavy atom. The maximum Gasteiger partial charge on any atom is 0.254 e. The molecule has 2 aromatic carbocycles. The zero-order valence-electron chi connectivity index (χ0n) is 15.7. The van der Waals surface area contributed by atoms with Gasteiger partial charge in [-0.15, -0.1) is 0 Å². The number of hydrogen-bond acceptors (Lipinski definition) is 1. The highest BCUT2D eigenvalue weighted by Gasteiger charge is 2.20. The van der Waals surface area contributed by atoms with E-state index >= 15 is 0 Å². The number of hydrogen-bond donors (Lipinski definition) is 0. The van der Waals surface area contributed by atoms with Crippen molar-refractivity contribution in [1.82, 2.24) is 9.47 Å². The minimum Gasteiger partial charge on any atom is -0.345 e. The van der Waals surface area contributed by atoms with Crippen LogP contribution in [-0.2, 0) is 13.1 Å². The number of carbonyl (C=O) groups excluding carboxylic acids is 1. The number of nitrogens with zero attached hydrogens (tertiary/aromatic N) is 2. The quantitative estimate of drug-likeness (QED) is 0.623. The first-order valence-corrected chi connectivity index (χ1v) is 9.10. The third kappa shape index (κ3) is 4.23. The van der Waals surface area contributed by atoms with E-state index in [-0.39, 0.29) is 11.9 Å². The smallest absolute Gasteiger partial charge is 0.254 e. The number of carbonyl (C=O) groups is 1. The summed E-state index contributed by atoms with van der Waals surface area (Å²) in [6.45, 7) is 7.64. The summed E-state index contributed by atoms with van der Waals surface area (Å²) >= 11 is 0. The molecule has 26 heavy (non-hydrogen) atoms. The van der Waals surface area contributed by atoms with E-state index in [0.29, 0.717) is 6.54 Å². The van der Waals surface area contributed by atoms with Gasteiger partial charge >= 0.3 is 0 Å². The van der Waals surface area contributed by atoms with Gasteiger partial charge < -0.3 is 9.47 Å². The highest BCUT2D eigenvalue weighted by atomic mass is 16.2. The van der Waals surface area contributed by atoms with Crippen molar-refractivity contribution < 1.29 is 4.79 Å². The van der Waals surface area contributed by atoms with Gasteiger partial charge in [0, 0.05) is 30.0 Å². The summed E-state index contributed by atoms with van der Waals surface area (Å²) < 4.78 is 2.22. The Balaban J connectivity index is 1.79. The molecule has 0 bridgehead atoms. The van der Waals surface area contributed by atoms with E-state index < -0.39 is 0 Å². The van der Waals surface area contributed by atoms with Crippen molar-refractivity contribution in [3.05, 3.63) is 95.3 Å². The first-order valence-electron chi connectivity index (χ1n) is 9.10. The van der Waals surface area contributed by atoms with E-state index in [2.05, 4.69) is 67.9 Å². The van der Waals surface area contributed by atoms with Crippen LogP contribution in [0.1, 0.15) is 41.0 Å². The van der Waals surface area contributed by atoms with Gasteiger partial charge in [-0.3, -0.25) is 4.79 Å². The Morgan fingerprint density at radius 2 is 1.65 bits per heavy atom. The van der Waals surface area contributed by atoms with E-state index in [1.807, 2.05) is 35.2 Å². The van der Waals surface area contributed by atoms with Gasteiger partial charge in [0.2, 0.25) is 0 Å². The molecular weight excluding hydrogens is 320 g/mol. The Hall–Kier alpha value is -2.81. The van der Waals surface area contributed by atoms with Gasteiger partial charge in [0.05, 0.1) is 6.54 Å². The summed E-state index contributed by atoms with van der Waals surface area (Å²) in [5.41, 5.74) is 4.40. The van der Waals surface area contributed by atoms with Crippen LogP contribution in [-0.4, -0.2) is 21.4 Å². The van der Waals surface area contributed by atoms with Gasteiger partial charge in [0.25, 0.3) is 5.91 Å². The molecule has 3 nitrogen and oxygen atoms in total. The van der Waals surface area contributed by atoms with Crippen molar-refractivity contribution in [2.45, 2.75) is 39.9 Å². The number of aromatic nitrogens is 1. The second-order valence-corrected chi connectivity index (χ2v) is 7.01.